The quantitative estimate of drug-likeness (QED) is 0.646. The fourth-order valence-corrected chi connectivity index (χ4v) is 3.37. The molecule has 0 atom stereocenters. The summed E-state index contributed by atoms with van der Waals surface area (Å²) in [6.45, 7) is 3.59. The molecule has 2 fully saturated rings. The molecule has 1 aromatic carbocycles. The summed E-state index contributed by atoms with van der Waals surface area (Å²) in [5, 5.41) is 6.85. The largest absolute Gasteiger partial charge is 0.357 e. The molecule has 1 aromatic rings. The van der Waals surface area contributed by atoms with Crippen LogP contribution in [0.2, 0.25) is 0 Å². The van der Waals surface area contributed by atoms with Gasteiger partial charge in [0.1, 0.15) is 5.82 Å². The SMILES string of the molecule is CCNC(=NCC1(c2ccccc2F)CC1)NC1CCCC1. The Morgan fingerprint density at radius 3 is 2.64 bits per heavy atom. The van der Waals surface area contributed by atoms with Gasteiger partial charge in [-0.05, 0) is 44.2 Å². The first-order valence-electron chi connectivity index (χ1n) is 8.53. The number of hydrogen-bond acceptors (Lipinski definition) is 1. The van der Waals surface area contributed by atoms with Crippen LogP contribution in [0.5, 0.6) is 0 Å². The molecule has 2 aliphatic carbocycles. The van der Waals surface area contributed by atoms with Crippen molar-refractivity contribution in [1.29, 1.82) is 0 Å². The fraction of sp³-hybridized carbons (Fsp3) is 0.611. The van der Waals surface area contributed by atoms with Gasteiger partial charge in [0.2, 0.25) is 0 Å². The molecule has 2 N–H and O–H groups in total. The molecule has 3 nitrogen and oxygen atoms in total. The topological polar surface area (TPSA) is 36.4 Å². The van der Waals surface area contributed by atoms with E-state index in [9.17, 15) is 4.39 Å². The molecular formula is C18H26FN3. The van der Waals surface area contributed by atoms with Crippen LogP contribution in [0.1, 0.15) is 51.0 Å². The Kier molecular flexibility index (Phi) is 4.65. The number of nitrogens with one attached hydrogen (secondary N) is 2. The summed E-state index contributed by atoms with van der Waals surface area (Å²) in [5.74, 6) is 0.793. The smallest absolute Gasteiger partial charge is 0.191 e. The third-order valence-electron chi connectivity index (χ3n) is 4.88. The van der Waals surface area contributed by atoms with Crippen LogP contribution >= 0.6 is 0 Å². The van der Waals surface area contributed by atoms with Gasteiger partial charge in [0.15, 0.2) is 5.96 Å². The van der Waals surface area contributed by atoms with Gasteiger partial charge < -0.3 is 10.6 Å². The Labute approximate surface area is 132 Å². The highest BCUT2D eigenvalue weighted by Gasteiger charge is 2.45. The minimum absolute atomic E-state index is 0.0800. The van der Waals surface area contributed by atoms with Crippen molar-refractivity contribution in [3.05, 3.63) is 35.6 Å². The molecule has 0 spiro atoms. The average Bonchev–Trinajstić information content (AvgIpc) is 3.13. The van der Waals surface area contributed by atoms with Crippen LogP contribution in [0.4, 0.5) is 4.39 Å². The van der Waals surface area contributed by atoms with Crippen LogP contribution in [0.3, 0.4) is 0 Å². The Hall–Kier alpha value is -1.58. The predicted molar refractivity (Wildman–Crippen MR) is 88.7 cm³/mol. The molecule has 0 unspecified atom stereocenters. The highest BCUT2D eigenvalue weighted by molar-refractivity contribution is 5.80. The van der Waals surface area contributed by atoms with Crippen molar-refractivity contribution in [3.63, 3.8) is 0 Å². The van der Waals surface area contributed by atoms with Crippen LogP contribution in [0.25, 0.3) is 0 Å². The van der Waals surface area contributed by atoms with E-state index in [2.05, 4.69) is 17.6 Å². The van der Waals surface area contributed by atoms with Crippen molar-refractivity contribution in [2.45, 2.75) is 56.9 Å². The van der Waals surface area contributed by atoms with Crippen molar-refractivity contribution in [1.82, 2.24) is 10.6 Å². The highest BCUT2D eigenvalue weighted by atomic mass is 19.1. The van der Waals surface area contributed by atoms with E-state index in [4.69, 9.17) is 4.99 Å². The molecule has 2 saturated carbocycles. The molecule has 0 radical (unpaired) electrons. The van der Waals surface area contributed by atoms with Crippen molar-refractivity contribution < 1.29 is 4.39 Å². The monoisotopic (exact) mass is 303 g/mol. The van der Waals surface area contributed by atoms with Gasteiger partial charge in [-0.15, -0.1) is 0 Å². The first-order chi connectivity index (χ1) is 10.7. The summed E-state index contributed by atoms with van der Waals surface area (Å²) in [6.07, 6.45) is 7.11. The van der Waals surface area contributed by atoms with Gasteiger partial charge in [-0.2, -0.15) is 0 Å². The number of guanidine groups is 1. The minimum atomic E-state index is -0.0936. The second kappa shape index (κ2) is 6.67. The molecule has 0 aliphatic heterocycles. The van der Waals surface area contributed by atoms with Gasteiger partial charge in [0.05, 0.1) is 6.54 Å². The van der Waals surface area contributed by atoms with Crippen LogP contribution in [-0.4, -0.2) is 25.1 Å². The lowest BCUT2D eigenvalue weighted by molar-refractivity contribution is 0.569. The number of halogens is 1. The molecule has 120 valence electrons. The molecule has 0 amide bonds. The lowest BCUT2D eigenvalue weighted by atomic mass is 9.95. The summed E-state index contributed by atoms with van der Waals surface area (Å²) in [7, 11) is 0. The molecule has 4 heteroatoms. The Morgan fingerprint density at radius 2 is 2.00 bits per heavy atom. The van der Waals surface area contributed by atoms with Crippen LogP contribution in [0, 0.1) is 5.82 Å². The maximum Gasteiger partial charge on any atom is 0.191 e. The second-order valence-electron chi connectivity index (χ2n) is 6.58. The van der Waals surface area contributed by atoms with Crippen molar-refractivity contribution >= 4 is 5.96 Å². The number of hydrogen-bond donors (Lipinski definition) is 2. The maximum absolute atomic E-state index is 14.0. The van der Waals surface area contributed by atoms with E-state index in [-0.39, 0.29) is 11.2 Å². The van der Waals surface area contributed by atoms with Crippen molar-refractivity contribution in [2.75, 3.05) is 13.1 Å². The summed E-state index contributed by atoms with van der Waals surface area (Å²) in [4.78, 5) is 4.76. The Bertz CT molecular complexity index is 531. The molecule has 0 saturated heterocycles. The van der Waals surface area contributed by atoms with Gasteiger partial charge in [-0.3, -0.25) is 4.99 Å². The zero-order valence-corrected chi connectivity index (χ0v) is 13.4. The standard InChI is InChI=1S/C18H26FN3/c1-2-20-17(22-14-7-3-4-8-14)21-13-18(11-12-18)15-9-5-6-10-16(15)19/h5-6,9-10,14H,2-4,7-8,11-13H2,1H3,(H2,20,21,22). The van der Waals surface area contributed by atoms with E-state index in [0.717, 1.165) is 30.9 Å². The maximum atomic E-state index is 14.0. The highest BCUT2D eigenvalue weighted by Crippen LogP contribution is 2.49. The Morgan fingerprint density at radius 1 is 1.27 bits per heavy atom. The van der Waals surface area contributed by atoms with Gasteiger partial charge >= 0.3 is 0 Å². The third kappa shape index (κ3) is 3.42. The molecule has 0 aromatic heterocycles. The number of aliphatic imine (C=N–C) groups is 1. The first kappa shape index (κ1) is 15.3. The molecule has 0 heterocycles. The number of rotatable bonds is 5. The first-order valence-corrected chi connectivity index (χ1v) is 8.53. The molecule has 2 aliphatic rings. The third-order valence-corrected chi connectivity index (χ3v) is 4.88. The van der Waals surface area contributed by atoms with E-state index < -0.39 is 0 Å². The lowest BCUT2D eigenvalue weighted by Crippen LogP contribution is -2.42. The van der Waals surface area contributed by atoms with Crippen molar-refractivity contribution in [2.24, 2.45) is 4.99 Å². The molecule has 22 heavy (non-hydrogen) atoms. The second-order valence-corrected chi connectivity index (χ2v) is 6.58. The summed E-state index contributed by atoms with van der Waals surface area (Å²) in [6, 6.07) is 7.69. The molecular weight excluding hydrogens is 277 g/mol. The number of benzene rings is 1. The van der Waals surface area contributed by atoms with Crippen LogP contribution in [0.15, 0.2) is 29.3 Å². The van der Waals surface area contributed by atoms with E-state index >= 15 is 0 Å². The van der Waals surface area contributed by atoms with Crippen LogP contribution in [-0.2, 0) is 5.41 Å². The normalized spacial score (nSPS) is 20.9. The van der Waals surface area contributed by atoms with E-state index in [1.807, 2.05) is 12.1 Å². The average molecular weight is 303 g/mol. The van der Waals surface area contributed by atoms with Gasteiger partial charge in [0.25, 0.3) is 0 Å². The fourth-order valence-electron chi connectivity index (χ4n) is 3.37. The van der Waals surface area contributed by atoms with E-state index in [1.165, 1.54) is 25.7 Å². The zero-order valence-electron chi connectivity index (χ0n) is 13.4. The number of nitrogens with zero attached hydrogens (tertiary/aromatic N) is 1. The van der Waals surface area contributed by atoms with E-state index in [0.29, 0.717) is 12.6 Å². The summed E-state index contributed by atoms with van der Waals surface area (Å²) >= 11 is 0. The summed E-state index contributed by atoms with van der Waals surface area (Å²) in [5.41, 5.74) is 0.749. The van der Waals surface area contributed by atoms with E-state index in [1.54, 1.807) is 12.1 Å². The summed E-state index contributed by atoms with van der Waals surface area (Å²) < 4.78 is 14.0. The van der Waals surface area contributed by atoms with Gasteiger partial charge in [-0.1, -0.05) is 31.0 Å². The van der Waals surface area contributed by atoms with Gasteiger partial charge in [-0.25, -0.2) is 4.39 Å². The minimum Gasteiger partial charge on any atom is -0.357 e. The van der Waals surface area contributed by atoms with Gasteiger partial charge in [0, 0.05) is 18.0 Å². The predicted octanol–water partition coefficient (Wildman–Crippen LogP) is 3.36. The lowest BCUT2D eigenvalue weighted by Gasteiger charge is -2.19. The Balaban J connectivity index is 1.68. The molecule has 3 rings (SSSR count). The van der Waals surface area contributed by atoms with Crippen LogP contribution < -0.4 is 10.6 Å². The molecule has 0 bridgehead atoms. The zero-order chi connectivity index (χ0) is 15.4. The van der Waals surface area contributed by atoms with Crippen molar-refractivity contribution in [3.8, 4) is 0 Å².